The first-order chi connectivity index (χ1) is 4.85. The Morgan fingerprint density at radius 2 is 2.20 bits per heavy atom. The van der Waals surface area contributed by atoms with Gasteiger partial charge in [0.1, 0.15) is 6.07 Å². The first-order valence-electron chi connectivity index (χ1n) is 2.93. The first-order valence-corrected chi connectivity index (χ1v) is 2.93. The minimum absolute atomic E-state index is 0.181. The maximum atomic E-state index is 8.36. The van der Waals surface area contributed by atoms with Crippen LogP contribution in [0.1, 0.15) is 13.8 Å². The number of nitrogens with zero attached hydrogens (tertiary/aromatic N) is 3. The molecule has 0 aliphatic heterocycles. The smallest absolute Gasteiger partial charge is 0.231 e. The highest BCUT2D eigenvalue weighted by atomic mass is 14.9. The summed E-state index contributed by atoms with van der Waals surface area (Å²) in [5.41, 5.74) is 0. The zero-order valence-corrected chi connectivity index (χ0v) is 6.07. The second kappa shape index (κ2) is 5.70. The van der Waals surface area contributed by atoms with Gasteiger partial charge in [0.05, 0.1) is 0 Å². The van der Waals surface area contributed by atoms with Gasteiger partial charge in [-0.05, 0) is 13.8 Å². The topological polar surface area (TPSA) is 48.5 Å². The third kappa shape index (κ3) is 3.56. The standard InChI is InChI=1S/C7H9N3/c1-3-5-10-7(6-8)9-4-2/h3-5H,1-2H3/b5-3-,9-4?,10-7?. The average Bonchev–Trinajstić information content (AvgIpc) is 1.98. The monoisotopic (exact) mass is 135 g/mol. The second-order valence-electron chi connectivity index (χ2n) is 1.43. The zero-order chi connectivity index (χ0) is 7.82. The minimum atomic E-state index is 0.181. The molecule has 0 aromatic heterocycles. The van der Waals surface area contributed by atoms with Crippen LogP contribution >= 0.6 is 0 Å². The van der Waals surface area contributed by atoms with E-state index in [-0.39, 0.29) is 5.84 Å². The molecule has 0 aliphatic rings. The Labute approximate surface area is 60.4 Å². The van der Waals surface area contributed by atoms with Crippen LogP contribution in [-0.2, 0) is 0 Å². The van der Waals surface area contributed by atoms with Crippen molar-refractivity contribution in [2.24, 2.45) is 9.98 Å². The molecule has 0 heterocycles. The fourth-order valence-corrected chi connectivity index (χ4v) is 0.358. The summed E-state index contributed by atoms with van der Waals surface area (Å²) in [7, 11) is 0. The number of nitriles is 1. The molecule has 0 amide bonds. The van der Waals surface area contributed by atoms with Crippen molar-refractivity contribution in [3.8, 4) is 6.07 Å². The molecule has 0 saturated carbocycles. The fourth-order valence-electron chi connectivity index (χ4n) is 0.358. The van der Waals surface area contributed by atoms with Gasteiger partial charge in [0.25, 0.3) is 0 Å². The zero-order valence-electron chi connectivity index (χ0n) is 6.07. The van der Waals surface area contributed by atoms with Gasteiger partial charge in [-0.1, -0.05) is 6.08 Å². The van der Waals surface area contributed by atoms with Gasteiger partial charge in [0, 0.05) is 12.4 Å². The minimum Gasteiger partial charge on any atom is -0.232 e. The molecule has 0 N–H and O–H groups in total. The summed E-state index contributed by atoms with van der Waals surface area (Å²) < 4.78 is 0. The van der Waals surface area contributed by atoms with Gasteiger partial charge in [-0.25, -0.2) is 9.98 Å². The first kappa shape index (κ1) is 8.57. The van der Waals surface area contributed by atoms with Gasteiger partial charge >= 0.3 is 0 Å². The molecular weight excluding hydrogens is 126 g/mol. The maximum Gasteiger partial charge on any atom is 0.231 e. The number of allylic oxidation sites excluding steroid dienone is 1. The Morgan fingerprint density at radius 3 is 2.60 bits per heavy atom. The number of rotatable bonds is 1. The number of amidine groups is 1. The van der Waals surface area contributed by atoms with Gasteiger partial charge in [0.15, 0.2) is 0 Å². The summed E-state index contributed by atoms with van der Waals surface area (Å²) in [6, 6.07) is 1.84. The van der Waals surface area contributed by atoms with Gasteiger partial charge in [-0.15, -0.1) is 0 Å². The van der Waals surface area contributed by atoms with Crippen molar-refractivity contribution in [2.75, 3.05) is 0 Å². The van der Waals surface area contributed by atoms with Gasteiger partial charge < -0.3 is 0 Å². The van der Waals surface area contributed by atoms with Crippen molar-refractivity contribution in [2.45, 2.75) is 13.8 Å². The van der Waals surface area contributed by atoms with E-state index in [9.17, 15) is 0 Å². The Balaban J connectivity index is 4.22. The quantitative estimate of drug-likeness (QED) is 0.397. The molecule has 0 saturated heterocycles. The van der Waals surface area contributed by atoms with E-state index < -0.39 is 0 Å². The van der Waals surface area contributed by atoms with Gasteiger partial charge in [0.2, 0.25) is 5.84 Å². The molecule has 0 atom stereocenters. The van der Waals surface area contributed by atoms with E-state index in [0.717, 1.165) is 0 Å². The summed E-state index contributed by atoms with van der Waals surface area (Å²) in [6.45, 7) is 3.57. The molecule has 0 rings (SSSR count). The average molecular weight is 135 g/mol. The third-order valence-electron chi connectivity index (χ3n) is 0.697. The normalized spacial score (nSPS) is 12.7. The predicted molar refractivity (Wildman–Crippen MR) is 42.0 cm³/mol. The summed E-state index contributed by atoms with van der Waals surface area (Å²) in [5, 5.41) is 8.36. The van der Waals surface area contributed by atoms with Gasteiger partial charge in [-0.3, -0.25) is 0 Å². The summed E-state index contributed by atoms with van der Waals surface area (Å²) in [6.07, 6.45) is 4.81. The van der Waals surface area contributed by atoms with Crippen molar-refractivity contribution < 1.29 is 0 Å². The van der Waals surface area contributed by atoms with Crippen LogP contribution in [0, 0.1) is 11.3 Å². The van der Waals surface area contributed by atoms with Crippen LogP contribution in [-0.4, -0.2) is 12.1 Å². The van der Waals surface area contributed by atoms with Crippen LogP contribution in [0.2, 0.25) is 0 Å². The molecule has 0 unspecified atom stereocenters. The number of aliphatic imine (C=N–C) groups is 2. The molecule has 0 bridgehead atoms. The van der Waals surface area contributed by atoms with Crippen molar-refractivity contribution in [3.05, 3.63) is 12.3 Å². The van der Waals surface area contributed by atoms with E-state index in [2.05, 4.69) is 9.98 Å². The van der Waals surface area contributed by atoms with Crippen LogP contribution in [0.15, 0.2) is 22.3 Å². The van der Waals surface area contributed by atoms with Crippen LogP contribution in [0.4, 0.5) is 0 Å². The van der Waals surface area contributed by atoms with Crippen molar-refractivity contribution in [1.82, 2.24) is 0 Å². The Bertz CT molecular complexity index is 205. The van der Waals surface area contributed by atoms with Crippen LogP contribution in [0.3, 0.4) is 0 Å². The van der Waals surface area contributed by atoms with E-state index in [4.69, 9.17) is 5.26 Å². The predicted octanol–water partition coefficient (Wildman–Crippen LogP) is 1.53. The summed E-state index contributed by atoms with van der Waals surface area (Å²) in [4.78, 5) is 7.42. The van der Waals surface area contributed by atoms with Crippen LogP contribution in [0.5, 0.6) is 0 Å². The Hall–Kier alpha value is -1.43. The van der Waals surface area contributed by atoms with Gasteiger partial charge in [-0.2, -0.15) is 5.26 Å². The molecule has 0 fully saturated rings. The molecule has 52 valence electrons. The fraction of sp³-hybridized carbons (Fsp3) is 0.286. The summed E-state index contributed by atoms with van der Waals surface area (Å²) in [5.74, 6) is 0.181. The summed E-state index contributed by atoms with van der Waals surface area (Å²) >= 11 is 0. The highest BCUT2D eigenvalue weighted by molar-refractivity contribution is 6.01. The van der Waals surface area contributed by atoms with Crippen molar-refractivity contribution in [1.29, 1.82) is 5.26 Å². The lowest BCUT2D eigenvalue weighted by molar-refractivity contribution is 1.46. The third-order valence-corrected chi connectivity index (χ3v) is 0.697. The largest absolute Gasteiger partial charge is 0.232 e. The molecule has 3 nitrogen and oxygen atoms in total. The highest BCUT2D eigenvalue weighted by Crippen LogP contribution is 1.80. The lowest BCUT2D eigenvalue weighted by Crippen LogP contribution is -1.85. The lowest BCUT2D eigenvalue weighted by Gasteiger charge is -1.80. The molecular formula is C7H9N3. The van der Waals surface area contributed by atoms with Crippen molar-refractivity contribution in [3.63, 3.8) is 0 Å². The molecule has 0 aromatic rings. The second-order valence-corrected chi connectivity index (χ2v) is 1.43. The highest BCUT2D eigenvalue weighted by Gasteiger charge is 1.84. The molecule has 0 aromatic carbocycles. The number of hydrogen-bond donors (Lipinski definition) is 0. The Kier molecular flexibility index (Phi) is 4.89. The number of hydrogen-bond acceptors (Lipinski definition) is 2. The van der Waals surface area contributed by atoms with E-state index in [1.54, 1.807) is 13.0 Å². The van der Waals surface area contributed by atoms with E-state index >= 15 is 0 Å². The Morgan fingerprint density at radius 1 is 1.50 bits per heavy atom. The maximum absolute atomic E-state index is 8.36. The van der Waals surface area contributed by atoms with Crippen LogP contribution < -0.4 is 0 Å². The SMILES string of the molecule is CC=NC(C#N)=N/C=C\C. The molecule has 10 heavy (non-hydrogen) atoms. The van der Waals surface area contributed by atoms with E-state index in [1.165, 1.54) is 12.4 Å². The molecule has 3 heteroatoms. The van der Waals surface area contributed by atoms with E-state index in [0.29, 0.717) is 0 Å². The van der Waals surface area contributed by atoms with E-state index in [1.807, 2.05) is 13.0 Å². The molecule has 0 spiro atoms. The lowest BCUT2D eigenvalue weighted by atomic mass is 10.6. The van der Waals surface area contributed by atoms with Crippen LogP contribution in [0.25, 0.3) is 0 Å². The van der Waals surface area contributed by atoms with Crippen molar-refractivity contribution >= 4 is 12.1 Å². The molecule has 0 radical (unpaired) electrons. The molecule has 0 aliphatic carbocycles.